The Morgan fingerprint density at radius 2 is 2.08 bits per heavy atom. The molecule has 9 heteroatoms. The summed E-state index contributed by atoms with van der Waals surface area (Å²) in [5.41, 5.74) is 0.306. The highest BCUT2D eigenvalue weighted by Crippen LogP contribution is 2.17. The second-order valence-corrected chi connectivity index (χ2v) is 6.28. The molecule has 1 aliphatic rings. The lowest BCUT2D eigenvalue weighted by Crippen LogP contribution is -2.50. The Labute approximate surface area is 144 Å². The normalized spacial score (nSPS) is 18.6. The van der Waals surface area contributed by atoms with Gasteiger partial charge in [0, 0.05) is 50.3 Å². The number of rotatable bonds is 3. The van der Waals surface area contributed by atoms with E-state index in [1.165, 1.54) is 11.0 Å². The van der Waals surface area contributed by atoms with Crippen molar-refractivity contribution in [1.29, 1.82) is 0 Å². The number of aromatic nitrogens is 6. The van der Waals surface area contributed by atoms with Gasteiger partial charge in [-0.25, -0.2) is 15.0 Å². The summed E-state index contributed by atoms with van der Waals surface area (Å²) in [6, 6.07) is 2.29. The molecular weight excluding hydrogens is 320 g/mol. The molecule has 0 amide bonds. The first-order chi connectivity index (χ1) is 12.1. The molecular formula is C16H20N8O. The third kappa shape index (κ3) is 2.82. The van der Waals surface area contributed by atoms with Gasteiger partial charge in [0.15, 0.2) is 5.82 Å². The molecule has 0 aromatic carbocycles. The molecule has 25 heavy (non-hydrogen) atoms. The van der Waals surface area contributed by atoms with Crippen LogP contribution in [-0.2, 0) is 0 Å². The topological polar surface area (TPSA) is 87.9 Å². The molecule has 1 N–H and O–H groups in total. The third-order valence-electron chi connectivity index (χ3n) is 4.69. The third-order valence-corrected chi connectivity index (χ3v) is 4.69. The maximum atomic E-state index is 12.7. The second kappa shape index (κ2) is 6.17. The number of hydrogen-bond donors (Lipinski definition) is 1. The Balaban J connectivity index is 1.66. The molecule has 3 aromatic heterocycles. The van der Waals surface area contributed by atoms with Gasteiger partial charge in [-0.15, -0.1) is 0 Å². The average molecular weight is 340 g/mol. The van der Waals surface area contributed by atoms with Crippen molar-refractivity contribution < 1.29 is 0 Å². The highest BCUT2D eigenvalue weighted by molar-refractivity contribution is 5.44. The molecule has 1 aliphatic heterocycles. The number of imidazole rings is 1. The number of nitrogens with one attached hydrogen (secondary N) is 1. The first-order valence-corrected chi connectivity index (χ1v) is 8.20. The van der Waals surface area contributed by atoms with Gasteiger partial charge < -0.3 is 9.80 Å². The van der Waals surface area contributed by atoms with Crippen LogP contribution in [0.1, 0.15) is 6.92 Å². The highest BCUT2D eigenvalue weighted by atomic mass is 16.1. The lowest BCUT2D eigenvalue weighted by molar-refractivity contribution is 0.233. The molecule has 0 radical (unpaired) electrons. The van der Waals surface area contributed by atoms with Crippen molar-refractivity contribution in [2.75, 3.05) is 31.6 Å². The van der Waals surface area contributed by atoms with Crippen molar-refractivity contribution in [3.63, 3.8) is 0 Å². The summed E-state index contributed by atoms with van der Waals surface area (Å²) >= 11 is 0. The summed E-state index contributed by atoms with van der Waals surface area (Å²) in [6.07, 6.45) is 8.09. The van der Waals surface area contributed by atoms with E-state index in [0.29, 0.717) is 17.5 Å². The molecule has 1 atom stereocenters. The zero-order chi connectivity index (χ0) is 17.4. The minimum atomic E-state index is -0.186. The Morgan fingerprint density at radius 3 is 2.84 bits per heavy atom. The van der Waals surface area contributed by atoms with Crippen LogP contribution in [0.2, 0.25) is 0 Å². The van der Waals surface area contributed by atoms with Crippen LogP contribution in [0.5, 0.6) is 0 Å². The van der Waals surface area contributed by atoms with E-state index in [1.54, 1.807) is 29.5 Å². The standard InChI is InChI=1S/C16H20N8O/c1-12-9-22(6-5-21(12)2)14-7-15(19-10-18-14)24-16(25)13(8-20-24)23-4-3-17-11-23/h3-4,7-8,10-12,20H,5-6,9H2,1-2H3. The zero-order valence-corrected chi connectivity index (χ0v) is 14.2. The van der Waals surface area contributed by atoms with Crippen LogP contribution in [-0.4, -0.2) is 66.9 Å². The number of aromatic amines is 1. The first kappa shape index (κ1) is 15.6. The molecule has 4 rings (SSSR count). The van der Waals surface area contributed by atoms with E-state index >= 15 is 0 Å². The van der Waals surface area contributed by atoms with Gasteiger partial charge in [0.2, 0.25) is 0 Å². The minimum absolute atomic E-state index is 0.186. The van der Waals surface area contributed by atoms with E-state index in [4.69, 9.17) is 0 Å². The summed E-state index contributed by atoms with van der Waals surface area (Å²) in [5, 5.41) is 2.96. The Kier molecular flexibility index (Phi) is 3.85. The lowest BCUT2D eigenvalue weighted by atomic mass is 10.2. The number of nitrogens with zero attached hydrogens (tertiary/aromatic N) is 7. The molecule has 0 aliphatic carbocycles. The van der Waals surface area contributed by atoms with E-state index in [9.17, 15) is 4.79 Å². The minimum Gasteiger partial charge on any atom is -0.354 e. The molecule has 0 spiro atoms. The highest BCUT2D eigenvalue weighted by Gasteiger charge is 2.22. The molecule has 0 bridgehead atoms. The summed E-state index contributed by atoms with van der Waals surface area (Å²) < 4.78 is 3.08. The van der Waals surface area contributed by atoms with Crippen molar-refractivity contribution in [3.05, 3.63) is 47.7 Å². The second-order valence-electron chi connectivity index (χ2n) is 6.28. The van der Waals surface area contributed by atoms with Gasteiger partial charge in [0.05, 0.1) is 6.33 Å². The molecule has 1 saturated heterocycles. The van der Waals surface area contributed by atoms with Gasteiger partial charge in [0.25, 0.3) is 5.56 Å². The summed E-state index contributed by atoms with van der Waals surface area (Å²) in [5.74, 6) is 1.35. The smallest absolute Gasteiger partial charge is 0.296 e. The predicted molar refractivity (Wildman–Crippen MR) is 93.4 cm³/mol. The molecule has 0 saturated carbocycles. The van der Waals surface area contributed by atoms with E-state index in [-0.39, 0.29) is 5.56 Å². The van der Waals surface area contributed by atoms with Gasteiger partial charge in [-0.05, 0) is 14.0 Å². The van der Waals surface area contributed by atoms with Crippen molar-refractivity contribution in [2.45, 2.75) is 13.0 Å². The predicted octanol–water partition coefficient (Wildman–Crippen LogP) is 0.282. The van der Waals surface area contributed by atoms with Gasteiger partial charge in [-0.2, -0.15) is 4.68 Å². The molecule has 1 fully saturated rings. The van der Waals surface area contributed by atoms with Crippen LogP contribution in [0.4, 0.5) is 5.82 Å². The molecule has 130 valence electrons. The van der Waals surface area contributed by atoms with Crippen LogP contribution in [0, 0.1) is 0 Å². The van der Waals surface area contributed by atoms with Gasteiger partial charge >= 0.3 is 0 Å². The first-order valence-electron chi connectivity index (χ1n) is 8.20. The average Bonchev–Trinajstić information content (AvgIpc) is 3.27. The summed E-state index contributed by atoms with van der Waals surface area (Å²) in [7, 11) is 2.13. The van der Waals surface area contributed by atoms with Crippen LogP contribution >= 0.6 is 0 Å². The fourth-order valence-corrected chi connectivity index (χ4v) is 3.01. The monoisotopic (exact) mass is 340 g/mol. The molecule has 3 aromatic rings. The van der Waals surface area contributed by atoms with Gasteiger partial charge in [0.1, 0.15) is 17.8 Å². The maximum absolute atomic E-state index is 12.7. The van der Waals surface area contributed by atoms with Crippen LogP contribution in [0.3, 0.4) is 0 Å². The van der Waals surface area contributed by atoms with Gasteiger partial charge in [-0.1, -0.05) is 0 Å². The number of H-pyrrole nitrogens is 1. The number of likely N-dealkylation sites (N-methyl/N-ethyl adjacent to an activating group) is 1. The number of hydrogen-bond acceptors (Lipinski definition) is 6. The molecule has 9 nitrogen and oxygen atoms in total. The zero-order valence-electron chi connectivity index (χ0n) is 14.2. The van der Waals surface area contributed by atoms with Gasteiger partial charge in [-0.3, -0.25) is 14.5 Å². The maximum Gasteiger partial charge on any atom is 0.296 e. The van der Waals surface area contributed by atoms with E-state index in [1.807, 2.05) is 6.07 Å². The Bertz CT molecular complexity index is 912. The largest absolute Gasteiger partial charge is 0.354 e. The summed E-state index contributed by atoms with van der Waals surface area (Å²) in [4.78, 5) is 29.8. The quantitative estimate of drug-likeness (QED) is 0.737. The van der Waals surface area contributed by atoms with E-state index in [2.05, 4.69) is 43.8 Å². The van der Waals surface area contributed by atoms with Crippen LogP contribution in [0.25, 0.3) is 11.5 Å². The van der Waals surface area contributed by atoms with Crippen molar-refractivity contribution in [1.82, 2.24) is 34.2 Å². The van der Waals surface area contributed by atoms with Crippen molar-refractivity contribution in [2.24, 2.45) is 0 Å². The van der Waals surface area contributed by atoms with Crippen LogP contribution < -0.4 is 10.5 Å². The molecule has 1 unspecified atom stereocenters. The fourth-order valence-electron chi connectivity index (χ4n) is 3.01. The SMILES string of the molecule is CC1CN(c2cc(-n3[nH]cc(-n4ccnc4)c3=O)ncn2)CCN1C. The summed E-state index contributed by atoms with van der Waals surface area (Å²) in [6.45, 7) is 4.97. The van der Waals surface area contributed by atoms with Crippen molar-refractivity contribution in [3.8, 4) is 11.5 Å². The van der Waals surface area contributed by atoms with Crippen molar-refractivity contribution >= 4 is 5.82 Å². The van der Waals surface area contributed by atoms with E-state index in [0.717, 1.165) is 25.5 Å². The lowest BCUT2D eigenvalue weighted by Gasteiger charge is -2.38. The Morgan fingerprint density at radius 1 is 1.24 bits per heavy atom. The number of anilines is 1. The number of piperazine rings is 1. The van der Waals surface area contributed by atoms with E-state index < -0.39 is 0 Å². The van der Waals surface area contributed by atoms with Crippen LogP contribution in [0.15, 0.2) is 42.1 Å². The Hall–Kier alpha value is -2.94. The molecule has 4 heterocycles. The fraction of sp³-hybridized carbons (Fsp3) is 0.375.